The highest BCUT2D eigenvalue weighted by molar-refractivity contribution is 6.31. The van der Waals surface area contributed by atoms with Gasteiger partial charge in [0.15, 0.2) is 12.0 Å². The van der Waals surface area contributed by atoms with Crippen molar-refractivity contribution in [3.63, 3.8) is 0 Å². The predicted molar refractivity (Wildman–Crippen MR) is 61.2 cm³/mol. The molecule has 0 saturated heterocycles. The molecule has 6 heteroatoms. The molecule has 0 bridgehead atoms. The van der Waals surface area contributed by atoms with Gasteiger partial charge in [0, 0.05) is 23.3 Å². The van der Waals surface area contributed by atoms with E-state index in [-0.39, 0.29) is 5.69 Å². The van der Waals surface area contributed by atoms with E-state index in [0.29, 0.717) is 28.3 Å². The maximum atomic E-state index is 10.8. The molecule has 5 nitrogen and oxygen atoms in total. The van der Waals surface area contributed by atoms with Crippen LogP contribution in [0, 0.1) is 0 Å². The molecule has 82 valence electrons. The summed E-state index contributed by atoms with van der Waals surface area (Å²) in [6.45, 7) is 0. The zero-order valence-electron chi connectivity index (χ0n) is 8.51. The fourth-order valence-corrected chi connectivity index (χ4v) is 1.67. The molecular formula is C10H9ClN4O. The molecule has 0 atom stereocenters. The van der Waals surface area contributed by atoms with Crippen LogP contribution in [0.15, 0.2) is 18.2 Å². The second kappa shape index (κ2) is 3.94. The Morgan fingerprint density at radius 1 is 1.50 bits per heavy atom. The first kappa shape index (κ1) is 10.6. The first-order valence-corrected chi connectivity index (χ1v) is 4.91. The van der Waals surface area contributed by atoms with Gasteiger partial charge in [-0.3, -0.25) is 4.79 Å². The minimum atomic E-state index is 0.247. The maximum absolute atomic E-state index is 10.8. The van der Waals surface area contributed by atoms with Gasteiger partial charge in [0.25, 0.3) is 0 Å². The third kappa shape index (κ3) is 1.65. The van der Waals surface area contributed by atoms with Gasteiger partial charge in [0.1, 0.15) is 5.69 Å². The Bertz CT molecular complexity index is 550. The van der Waals surface area contributed by atoms with Gasteiger partial charge in [-0.05, 0) is 18.2 Å². The standard InChI is InChI=1S/C10H9ClN4O/c1-15-10(9(5-16)13-14-15)7-4-6(11)2-3-8(7)12/h2-5H,12H2,1H3. The highest BCUT2D eigenvalue weighted by atomic mass is 35.5. The van der Waals surface area contributed by atoms with Crippen LogP contribution in [0.25, 0.3) is 11.3 Å². The lowest BCUT2D eigenvalue weighted by atomic mass is 10.1. The summed E-state index contributed by atoms with van der Waals surface area (Å²) in [6.07, 6.45) is 0.642. The number of hydrogen-bond donors (Lipinski definition) is 1. The van der Waals surface area contributed by atoms with Crippen molar-refractivity contribution in [2.24, 2.45) is 7.05 Å². The van der Waals surface area contributed by atoms with E-state index in [2.05, 4.69) is 10.3 Å². The first-order chi connectivity index (χ1) is 7.63. The van der Waals surface area contributed by atoms with Crippen LogP contribution in [0.1, 0.15) is 10.5 Å². The topological polar surface area (TPSA) is 73.8 Å². The third-order valence-corrected chi connectivity index (χ3v) is 2.47. The van der Waals surface area contributed by atoms with Gasteiger partial charge < -0.3 is 5.73 Å². The van der Waals surface area contributed by atoms with Gasteiger partial charge in [-0.2, -0.15) is 0 Å². The summed E-state index contributed by atoms with van der Waals surface area (Å²) in [7, 11) is 1.69. The van der Waals surface area contributed by atoms with Crippen molar-refractivity contribution in [3.8, 4) is 11.3 Å². The summed E-state index contributed by atoms with van der Waals surface area (Å²) < 4.78 is 1.49. The Hall–Kier alpha value is -1.88. The van der Waals surface area contributed by atoms with Gasteiger partial charge in [-0.15, -0.1) is 5.10 Å². The fourth-order valence-electron chi connectivity index (χ4n) is 1.50. The molecule has 0 aliphatic rings. The summed E-state index contributed by atoms with van der Waals surface area (Å²) >= 11 is 5.89. The van der Waals surface area contributed by atoms with Crippen LogP contribution < -0.4 is 5.73 Å². The van der Waals surface area contributed by atoms with Crippen molar-refractivity contribution < 1.29 is 4.79 Å². The quantitative estimate of drug-likeness (QED) is 0.634. The van der Waals surface area contributed by atoms with E-state index in [0.717, 1.165) is 0 Å². The molecule has 1 aromatic heterocycles. The van der Waals surface area contributed by atoms with Crippen LogP contribution in [-0.2, 0) is 7.05 Å². The van der Waals surface area contributed by atoms with Gasteiger partial charge >= 0.3 is 0 Å². The normalized spacial score (nSPS) is 10.4. The van der Waals surface area contributed by atoms with E-state index in [1.165, 1.54) is 4.68 Å². The van der Waals surface area contributed by atoms with Crippen LogP contribution in [0.3, 0.4) is 0 Å². The van der Waals surface area contributed by atoms with Gasteiger partial charge in [-0.1, -0.05) is 16.8 Å². The molecule has 0 amide bonds. The number of nitrogen functional groups attached to an aromatic ring is 1. The van der Waals surface area contributed by atoms with E-state index in [4.69, 9.17) is 17.3 Å². The van der Waals surface area contributed by atoms with E-state index in [9.17, 15) is 4.79 Å². The molecule has 2 aromatic rings. The molecule has 2 N–H and O–H groups in total. The molecular weight excluding hydrogens is 228 g/mol. The number of nitrogens with zero attached hydrogens (tertiary/aromatic N) is 3. The monoisotopic (exact) mass is 236 g/mol. The highest BCUT2D eigenvalue weighted by Gasteiger charge is 2.14. The number of aldehydes is 1. The zero-order chi connectivity index (χ0) is 11.7. The molecule has 2 rings (SSSR count). The smallest absolute Gasteiger partial charge is 0.172 e. The number of carbonyl (C=O) groups is 1. The van der Waals surface area contributed by atoms with Crippen molar-refractivity contribution in [1.29, 1.82) is 0 Å². The van der Waals surface area contributed by atoms with Gasteiger partial charge in [0.05, 0.1) is 0 Å². The molecule has 0 radical (unpaired) electrons. The predicted octanol–water partition coefficient (Wildman–Crippen LogP) is 1.53. The molecule has 1 aromatic carbocycles. The number of carbonyl (C=O) groups excluding carboxylic acids is 1. The number of benzene rings is 1. The van der Waals surface area contributed by atoms with Crippen LogP contribution in [-0.4, -0.2) is 21.3 Å². The van der Waals surface area contributed by atoms with Crippen molar-refractivity contribution in [2.45, 2.75) is 0 Å². The molecule has 0 fully saturated rings. The number of nitrogens with two attached hydrogens (primary N) is 1. The summed E-state index contributed by atoms with van der Waals surface area (Å²) in [5.74, 6) is 0. The third-order valence-electron chi connectivity index (χ3n) is 2.23. The van der Waals surface area contributed by atoms with Crippen LogP contribution in [0.4, 0.5) is 5.69 Å². The summed E-state index contributed by atoms with van der Waals surface area (Å²) in [4.78, 5) is 10.8. The molecule has 0 aliphatic heterocycles. The molecule has 0 aliphatic carbocycles. The number of anilines is 1. The number of hydrogen-bond acceptors (Lipinski definition) is 4. The first-order valence-electron chi connectivity index (χ1n) is 4.53. The lowest BCUT2D eigenvalue weighted by molar-refractivity contribution is 0.111. The fraction of sp³-hybridized carbons (Fsp3) is 0.100. The minimum absolute atomic E-state index is 0.247. The van der Waals surface area contributed by atoms with Crippen LogP contribution >= 0.6 is 11.6 Å². The van der Waals surface area contributed by atoms with Crippen molar-refractivity contribution in [2.75, 3.05) is 5.73 Å². The lowest BCUT2D eigenvalue weighted by Crippen LogP contribution is -1.98. The van der Waals surface area contributed by atoms with E-state index in [1.807, 2.05) is 0 Å². The Morgan fingerprint density at radius 2 is 2.25 bits per heavy atom. The van der Waals surface area contributed by atoms with Crippen molar-refractivity contribution in [3.05, 3.63) is 28.9 Å². The zero-order valence-corrected chi connectivity index (χ0v) is 9.27. The Labute approximate surface area is 96.8 Å². The van der Waals surface area contributed by atoms with Crippen LogP contribution in [0.2, 0.25) is 5.02 Å². The Kier molecular flexibility index (Phi) is 2.62. The molecule has 0 spiro atoms. The average molecular weight is 237 g/mol. The number of aromatic nitrogens is 3. The summed E-state index contributed by atoms with van der Waals surface area (Å²) in [6, 6.07) is 5.05. The lowest BCUT2D eigenvalue weighted by Gasteiger charge is -2.06. The SMILES string of the molecule is Cn1nnc(C=O)c1-c1cc(Cl)ccc1N. The van der Waals surface area contributed by atoms with E-state index < -0.39 is 0 Å². The highest BCUT2D eigenvalue weighted by Crippen LogP contribution is 2.29. The maximum Gasteiger partial charge on any atom is 0.172 e. The second-order valence-electron chi connectivity index (χ2n) is 3.30. The molecule has 1 heterocycles. The Balaban J connectivity index is 2.70. The average Bonchev–Trinajstić information content (AvgIpc) is 2.63. The van der Waals surface area contributed by atoms with Gasteiger partial charge in [0.2, 0.25) is 0 Å². The number of aryl methyl sites for hydroxylation is 1. The van der Waals surface area contributed by atoms with Crippen LogP contribution in [0.5, 0.6) is 0 Å². The number of rotatable bonds is 2. The Morgan fingerprint density at radius 3 is 2.94 bits per heavy atom. The summed E-state index contributed by atoms with van der Waals surface area (Å²) in [5, 5.41) is 8.04. The largest absolute Gasteiger partial charge is 0.398 e. The van der Waals surface area contributed by atoms with E-state index in [1.54, 1.807) is 25.2 Å². The minimum Gasteiger partial charge on any atom is -0.398 e. The van der Waals surface area contributed by atoms with E-state index >= 15 is 0 Å². The van der Waals surface area contributed by atoms with Gasteiger partial charge in [-0.25, -0.2) is 4.68 Å². The number of halogens is 1. The molecule has 16 heavy (non-hydrogen) atoms. The van der Waals surface area contributed by atoms with Crippen molar-refractivity contribution in [1.82, 2.24) is 15.0 Å². The van der Waals surface area contributed by atoms with Crippen molar-refractivity contribution >= 4 is 23.6 Å². The molecule has 0 unspecified atom stereocenters. The summed E-state index contributed by atoms with van der Waals surface area (Å²) in [5.41, 5.74) is 7.82. The second-order valence-corrected chi connectivity index (χ2v) is 3.73. The molecule has 0 saturated carbocycles.